The van der Waals surface area contributed by atoms with Crippen molar-refractivity contribution in [3.63, 3.8) is 0 Å². The van der Waals surface area contributed by atoms with Crippen LogP contribution in [0.5, 0.6) is 0 Å². The third-order valence-electron chi connectivity index (χ3n) is 7.77. The number of hydrogen-bond donors (Lipinski definition) is 2. The van der Waals surface area contributed by atoms with Crippen LogP contribution < -0.4 is 15.8 Å². The summed E-state index contributed by atoms with van der Waals surface area (Å²) < 4.78 is 44.1. The SMILES string of the molecule is C=CCn1c(=O)c2cnc(Nc3ccc(N4CCN(C)CC4)cc3)nc2n1-c1ccc2c(n1)[C@@](O)(C(F)(F)F)CC2. The van der Waals surface area contributed by atoms with Gasteiger partial charge in [-0.2, -0.15) is 18.2 Å². The number of aromatic nitrogens is 5. The number of halogens is 3. The normalized spacial score (nSPS) is 19.5. The first-order chi connectivity index (χ1) is 19.6. The Balaban J connectivity index is 1.37. The lowest BCUT2D eigenvalue weighted by Crippen LogP contribution is -2.44. The van der Waals surface area contributed by atoms with E-state index in [1.807, 2.05) is 24.3 Å². The number of nitrogens with one attached hydrogen (secondary N) is 1. The summed E-state index contributed by atoms with van der Waals surface area (Å²) in [5, 5.41) is 13.9. The zero-order valence-electron chi connectivity index (χ0n) is 22.4. The molecule has 1 atom stereocenters. The van der Waals surface area contributed by atoms with Gasteiger partial charge in [0.15, 0.2) is 11.5 Å². The van der Waals surface area contributed by atoms with Crippen molar-refractivity contribution >= 4 is 28.4 Å². The van der Waals surface area contributed by atoms with E-state index in [4.69, 9.17) is 0 Å². The van der Waals surface area contributed by atoms with Crippen molar-refractivity contribution in [3.8, 4) is 5.82 Å². The number of piperazine rings is 1. The molecule has 41 heavy (non-hydrogen) atoms. The molecule has 2 N–H and O–H groups in total. The summed E-state index contributed by atoms with van der Waals surface area (Å²) in [6.45, 7) is 7.63. The number of pyridine rings is 1. The number of alkyl halides is 3. The number of aliphatic hydroxyl groups is 1. The van der Waals surface area contributed by atoms with Crippen molar-refractivity contribution in [2.75, 3.05) is 43.4 Å². The lowest BCUT2D eigenvalue weighted by atomic mass is 10.0. The molecule has 0 saturated carbocycles. The summed E-state index contributed by atoms with van der Waals surface area (Å²) in [7, 11) is 2.11. The highest BCUT2D eigenvalue weighted by atomic mass is 19.4. The van der Waals surface area contributed by atoms with Gasteiger partial charge in [0, 0.05) is 43.8 Å². The molecule has 1 saturated heterocycles. The zero-order valence-corrected chi connectivity index (χ0v) is 22.4. The van der Waals surface area contributed by atoms with Gasteiger partial charge in [-0.25, -0.2) is 19.3 Å². The summed E-state index contributed by atoms with van der Waals surface area (Å²) >= 11 is 0. The molecule has 6 rings (SSSR count). The van der Waals surface area contributed by atoms with Crippen molar-refractivity contribution in [2.24, 2.45) is 0 Å². The van der Waals surface area contributed by atoms with E-state index in [9.17, 15) is 23.1 Å². The fourth-order valence-electron chi connectivity index (χ4n) is 5.42. The van der Waals surface area contributed by atoms with Crippen LogP contribution in [0.15, 0.2) is 60.0 Å². The van der Waals surface area contributed by atoms with Crippen LogP contribution in [0.1, 0.15) is 17.7 Å². The molecular formula is C28H29F3N8O2. The highest BCUT2D eigenvalue weighted by Gasteiger charge is 2.59. The Bertz CT molecular complexity index is 1670. The van der Waals surface area contributed by atoms with Crippen LogP contribution in [0.25, 0.3) is 16.9 Å². The van der Waals surface area contributed by atoms with E-state index < -0.39 is 29.5 Å². The van der Waals surface area contributed by atoms with Crippen LogP contribution in [0.3, 0.4) is 0 Å². The van der Waals surface area contributed by atoms with E-state index in [0.29, 0.717) is 5.56 Å². The zero-order chi connectivity index (χ0) is 28.9. The minimum atomic E-state index is -4.90. The van der Waals surface area contributed by atoms with Gasteiger partial charge >= 0.3 is 6.18 Å². The molecule has 0 unspecified atom stereocenters. The van der Waals surface area contributed by atoms with E-state index in [2.05, 4.69) is 43.7 Å². The van der Waals surface area contributed by atoms with Crippen LogP contribution >= 0.6 is 0 Å². The van der Waals surface area contributed by atoms with E-state index in [0.717, 1.165) is 37.6 Å². The molecule has 3 aromatic heterocycles. The first kappa shape index (κ1) is 27.0. The third kappa shape index (κ3) is 4.64. The Morgan fingerprint density at radius 1 is 1.10 bits per heavy atom. The van der Waals surface area contributed by atoms with Crippen molar-refractivity contribution in [3.05, 3.63) is 76.9 Å². The van der Waals surface area contributed by atoms with E-state index in [1.54, 1.807) is 0 Å². The monoisotopic (exact) mass is 566 g/mol. The minimum Gasteiger partial charge on any atom is -0.375 e. The van der Waals surface area contributed by atoms with E-state index in [1.165, 1.54) is 33.8 Å². The second-order valence-electron chi connectivity index (χ2n) is 10.4. The van der Waals surface area contributed by atoms with Crippen molar-refractivity contribution in [2.45, 2.75) is 31.2 Å². The molecule has 10 nitrogen and oxygen atoms in total. The quantitative estimate of drug-likeness (QED) is 0.343. The van der Waals surface area contributed by atoms with Gasteiger partial charge in [-0.15, -0.1) is 6.58 Å². The maximum Gasteiger partial charge on any atom is 0.423 e. The predicted octanol–water partition coefficient (Wildman–Crippen LogP) is 3.35. The number of nitrogens with zero attached hydrogens (tertiary/aromatic N) is 7. The molecule has 1 aromatic carbocycles. The molecule has 13 heteroatoms. The topological polar surface area (TPSA) is 104 Å². The van der Waals surface area contributed by atoms with E-state index in [-0.39, 0.29) is 35.8 Å². The Morgan fingerprint density at radius 2 is 1.83 bits per heavy atom. The molecule has 1 fully saturated rings. The number of rotatable bonds is 6. The van der Waals surface area contributed by atoms with Crippen LogP contribution in [-0.4, -0.2) is 73.7 Å². The van der Waals surface area contributed by atoms with Gasteiger partial charge in [-0.1, -0.05) is 12.1 Å². The van der Waals surface area contributed by atoms with E-state index >= 15 is 0 Å². The molecule has 0 radical (unpaired) electrons. The second-order valence-corrected chi connectivity index (χ2v) is 10.4. The van der Waals surface area contributed by atoms with Crippen molar-refractivity contribution < 1.29 is 18.3 Å². The van der Waals surface area contributed by atoms with Gasteiger partial charge in [-0.05, 0) is 55.8 Å². The first-order valence-corrected chi connectivity index (χ1v) is 13.3. The number of hydrogen-bond acceptors (Lipinski definition) is 8. The molecule has 2 aliphatic rings. The molecular weight excluding hydrogens is 537 g/mol. The average Bonchev–Trinajstić information content (AvgIpc) is 3.44. The van der Waals surface area contributed by atoms with Gasteiger partial charge < -0.3 is 20.2 Å². The molecule has 0 spiro atoms. The van der Waals surface area contributed by atoms with Crippen molar-refractivity contribution in [1.82, 2.24) is 29.2 Å². The van der Waals surface area contributed by atoms with Gasteiger partial charge in [0.2, 0.25) is 11.5 Å². The standard InChI is InChI=1S/C28H29F3N8O2/c1-3-12-38-25(40)21-17-32-26(33-19-5-7-20(8-6-19)37-15-13-36(2)14-16-37)35-24(21)39(38)22-9-4-18-10-11-27(41,23(18)34-22)28(29,30)31/h3-9,17,41H,1,10-16H2,2H3,(H,32,33,35)/t27-/m1/s1. The summed E-state index contributed by atoms with van der Waals surface area (Å²) in [4.78, 5) is 30.9. The number of anilines is 3. The largest absolute Gasteiger partial charge is 0.423 e. The summed E-state index contributed by atoms with van der Waals surface area (Å²) in [5.41, 5.74) is -1.68. The van der Waals surface area contributed by atoms with Crippen LogP contribution in [0, 0.1) is 0 Å². The maximum atomic E-state index is 13.8. The Kier molecular flexibility index (Phi) is 6.57. The summed E-state index contributed by atoms with van der Waals surface area (Å²) in [6.07, 6.45) is -2.51. The highest BCUT2D eigenvalue weighted by molar-refractivity contribution is 5.77. The molecule has 214 valence electrons. The summed E-state index contributed by atoms with van der Waals surface area (Å²) in [5.74, 6) is 0.214. The fraction of sp³-hybridized carbons (Fsp3) is 0.357. The molecule has 4 aromatic rings. The lowest BCUT2D eigenvalue weighted by Gasteiger charge is -2.34. The molecule has 0 bridgehead atoms. The van der Waals surface area contributed by atoms with Gasteiger partial charge in [0.05, 0.1) is 12.2 Å². The number of aryl methyl sites for hydroxylation is 1. The maximum absolute atomic E-state index is 13.8. The number of allylic oxidation sites excluding steroid dienone is 1. The Labute approximate surface area is 233 Å². The number of benzene rings is 1. The third-order valence-corrected chi connectivity index (χ3v) is 7.77. The number of fused-ring (bicyclic) bond motifs is 2. The second kappa shape index (κ2) is 10.00. The number of likely N-dealkylation sites (N-methyl/N-ethyl adjacent to an activating group) is 1. The molecule has 1 aliphatic carbocycles. The van der Waals surface area contributed by atoms with Crippen LogP contribution in [-0.2, 0) is 18.6 Å². The van der Waals surface area contributed by atoms with Gasteiger partial charge in [-0.3, -0.25) is 4.79 Å². The highest BCUT2D eigenvalue weighted by Crippen LogP contribution is 2.47. The molecule has 1 aliphatic heterocycles. The smallest absolute Gasteiger partial charge is 0.375 e. The fourth-order valence-corrected chi connectivity index (χ4v) is 5.42. The minimum absolute atomic E-state index is 0.0171. The van der Waals surface area contributed by atoms with Gasteiger partial charge in [0.25, 0.3) is 5.56 Å². The van der Waals surface area contributed by atoms with Gasteiger partial charge in [0.1, 0.15) is 5.39 Å². The Morgan fingerprint density at radius 3 is 2.51 bits per heavy atom. The lowest BCUT2D eigenvalue weighted by molar-refractivity contribution is -0.266. The molecule has 4 heterocycles. The van der Waals surface area contributed by atoms with Crippen molar-refractivity contribution in [1.29, 1.82) is 0 Å². The Hall–Kier alpha value is -4.23. The summed E-state index contributed by atoms with van der Waals surface area (Å²) in [6, 6.07) is 10.9. The predicted molar refractivity (Wildman–Crippen MR) is 149 cm³/mol. The molecule has 0 amide bonds. The first-order valence-electron chi connectivity index (χ1n) is 13.3. The average molecular weight is 567 g/mol. The van der Waals surface area contributed by atoms with Crippen LogP contribution in [0.4, 0.5) is 30.5 Å². The van der Waals surface area contributed by atoms with Crippen LogP contribution in [0.2, 0.25) is 0 Å².